The first-order chi connectivity index (χ1) is 18.4. The monoisotopic (exact) mass is 518 g/mol. The zero-order chi connectivity index (χ0) is 27.2. The molecule has 0 aromatic heterocycles. The van der Waals surface area contributed by atoms with Crippen LogP contribution < -0.4 is 24.8 Å². The molecule has 0 saturated heterocycles. The first-order valence-corrected chi connectivity index (χ1v) is 12.2. The van der Waals surface area contributed by atoms with Crippen molar-refractivity contribution in [3.63, 3.8) is 0 Å². The lowest BCUT2D eigenvalue weighted by Gasteiger charge is -2.19. The molecule has 0 saturated carbocycles. The molecule has 9 nitrogen and oxygen atoms in total. The van der Waals surface area contributed by atoms with Gasteiger partial charge in [0.15, 0.2) is 11.5 Å². The molecular formula is C29H30N2O7. The molecule has 0 fully saturated rings. The second-order valence-electron chi connectivity index (χ2n) is 8.88. The number of benzene rings is 3. The van der Waals surface area contributed by atoms with E-state index in [0.29, 0.717) is 34.8 Å². The molecule has 3 aromatic carbocycles. The largest absolute Gasteiger partial charge is 0.493 e. The van der Waals surface area contributed by atoms with Gasteiger partial charge in [0.05, 0.1) is 21.3 Å². The van der Waals surface area contributed by atoms with Gasteiger partial charge < -0.3 is 30.0 Å². The normalized spacial score (nSPS) is 12.1. The van der Waals surface area contributed by atoms with E-state index in [1.165, 1.54) is 21.3 Å². The first-order valence-electron chi connectivity index (χ1n) is 12.2. The highest BCUT2D eigenvalue weighted by molar-refractivity contribution is 6.01. The maximum Gasteiger partial charge on any atom is 0.303 e. The fourth-order valence-electron chi connectivity index (χ4n) is 4.69. The van der Waals surface area contributed by atoms with E-state index < -0.39 is 23.8 Å². The summed E-state index contributed by atoms with van der Waals surface area (Å²) < 4.78 is 16.0. The second-order valence-corrected chi connectivity index (χ2v) is 8.88. The number of rotatable bonds is 11. The summed E-state index contributed by atoms with van der Waals surface area (Å²) in [5.74, 6) is -0.680. The number of hydrogen-bond acceptors (Lipinski definition) is 6. The van der Waals surface area contributed by atoms with Crippen molar-refractivity contribution in [2.75, 3.05) is 21.3 Å². The molecule has 0 aliphatic heterocycles. The number of amides is 2. The standard InChI is InChI=1S/C29H30N2O7/c1-36-24-13-17(14-25(37-2)27(24)38-3)16-30-29(35)23(11-12-26(32)33)31-28(34)21-10-6-9-20-19-8-5-4-7-18(19)15-22(20)21/h4-10,13-14,23H,11-12,15-16H2,1-3H3,(H,30,35)(H,31,34)(H,32,33)/t23-/m0/s1. The number of hydrogen-bond donors (Lipinski definition) is 3. The Morgan fingerprint density at radius 2 is 1.61 bits per heavy atom. The van der Waals surface area contributed by atoms with Crippen molar-refractivity contribution in [3.05, 3.63) is 76.9 Å². The minimum absolute atomic E-state index is 0.0581. The Labute approximate surface area is 220 Å². The summed E-state index contributed by atoms with van der Waals surface area (Å²) in [6.45, 7) is 0.102. The summed E-state index contributed by atoms with van der Waals surface area (Å²) in [6, 6.07) is 15.9. The molecule has 4 rings (SSSR count). The number of ether oxygens (including phenoxy) is 3. The van der Waals surface area contributed by atoms with Gasteiger partial charge in [-0.05, 0) is 58.9 Å². The Morgan fingerprint density at radius 3 is 2.26 bits per heavy atom. The van der Waals surface area contributed by atoms with Gasteiger partial charge in [0.1, 0.15) is 6.04 Å². The van der Waals surface area contributed by atoms with Crippen LogP contribution in [0.15, 0.2) is 54.6 Å². The lowest BCUT2D eigenvalue weighted by Crippen LogP contribution is -2.47. The molecule has 0 heterocycles. The molecule has 3 N–H and O–H groups in total. The van der Waals surface area contributed by atoms with E-state index in [-0.39, 0.29) is 19.4 Å². The van der Waals surface area contributed by atoms with Crippen LogP contribution in [-0.4, -0.2) is 50.3 Å². The summed E-state index contributed by atoms with van der Waals surface area (Å²) >= 11 is 0. The van der Waals surface area contributed by atoms with Crippen molar-refractivity contribution < 1.29 is 33.7 Å². The van der Waals surface area contributed by atoms with E-state index in [0.717, 1.165) is 22.3 Å². The van der Waals surface area contributed by atoms with Crippen molar-refractivity contribution in [2.45, 2.75) is 31.8 Å². The Balaban J connectivity index is 1.51. The molecule has 0 spiro atoms. The molecule has 38 heavy (non-hydrogen) atoms. The van der Waals surface area contributed by atoms with Crippen LogP contribution in [0.4, 0.5) is 0 Å². The summed E-state index contributed by atoms with van der Waals surface area (Å²) in [5.41, 5.74) is 5.24. The highest BCUT2D eigenvalue weighted by Crippen LogP contribution is 2.39. The lowest BCUT2D eigenvalue weighted by atomic mass is 10.00. The minimum atomic E-state index is -1.06. The van der Waals surface area contributed by atoms with E-state index in [1.54, 1.807) is 18.2 Å². The van der Waals surface area contributed by atoms with Gasteiger partial charge >= 0.3 is 5.97 Å². The second kappa shape index (κ2) is 11.7. The number of carboxylic acids is 1. The van der Waals surface area contributed by atoms with Gasteiger partial charge in [0, 0.05) is 18.5 Å². The van der Waals surface area contributed by atoms with Crippen LogP contribution in [0.25, 0.3) is 11.1 Å². The number of carbonyl (C=O) groups excluding carboxylic acids is 2. The quantitative estimate of drug-likeness (QED) is 0.277. The molecule has 0 bridgehead atoms. The topological polar surface area (TPSA) is 123 Å². The van der Waals surface area contributed by atoms with Crippen LogP contribution in [0.5, 0.6) is 17.2 Å². The average Bonchev–Trinajstić information content (AvgIpc) is 3.31. The van der Waals surface area contributed by atoms with Crippen molar-refractivity contribution >= 4 is 17.8 Å². The van der Waals surface area contributed by atoms with E-state index in [1.807, 2.05) is 36.4 Å². The molecule has 0 unspecified atom stereocenters. The van der Waals surface area contributed by atoms with Crippen molar-refractivity contribution in [1.82, 2.24) is 10.6 Å². The van der Waals surface area contributed by atoms with Crippen LogP contribution in [0.1, 0.15) is 39.9 Å². The smallest absolute Gasteiger partial charge is 0.303 e. The minimum Gasteiger partial charge on any atom is -0.493 e. The van der Waals surface area contributed by atoms with E-state index in [9.17, 15) is 19.5 Å². The summed E-state index contributed by atoms with van der Waals surface area (Å²) in [6.07, 6.45) is 0.278. The van der Waals surface area contributed by atoms with Crippen LogP contribution >= 0.6 is 0 Å². The van der Waals surface area contributed by atoms with Crippen LogP contribution in [0.2, 0.25) is 0 Å². The van der Waals surface area contributed by atoms with E-state index in [4.69, 9.17) is 14.2 Å². The summed E-state index contributed by atoms with van der Waals surface area (Å²) in [7, 11) is 4.49. The third-order valence-electron chi connectivity index (χ3n) is 6.56. The maximum absolute atomic E-state index is 13.3. The Bertz CT molecular complexity index is 1340. The predicted octanol–water partition coefficient (Wildman–Crippen LogP) is 3.56. The molecule has 1 aliphatic rings. The zero-order valence-corrected chi connectivity index (χ0v) is 21.5. The number of carbonyl (C=O) groups is 3. The van der Waals surface area contributed by atoms with Gasteiger partial charge in [-0.15, -0.1) is 0 Å². The molecule has 9 heteroatoms. The third-order valence-corrected chi connectivity index (χ3v) is 6.56. The molecule has 2 amide bonds. The number of fused-ring (bicyclic) bond motifs is 3. The Morgan fingerprint density at radius 1 is 0.921 bits per heavy atom. The number of nitrogens with one attached hydrogen (secondary N) is 2. The fraction of sp³-hybridized carbons (Fsp3) is 0.276. The highest BCUT2D eigenvalue weighted by Gasteiger charge is 2.27. The maximum atomic E-state index is 13.3. The molecular weight excluding hydrogens is 488 g/mol. The first kappa shape index (κ1) is 26.5. The van der Waals surface area contributed by atoms with Crippen LogP contribution in [0.3, 0.4) is 0 Å². The summed E-state index contributed by atoms with van der Waals surface area (Å²) in [5, 5.41) is 14.8. The molecule has 3 aromatic rings. The number of methoxy groups -OCH3 is 3. The Kier molecular flexibility index (Phi) is 8.15. The number of aliphatic carboxylic acids is 1. The van der Waals surface area contributed by atoms with Gasteiger partial charge in [-0.3, -0.25) is 14.4 Å². The molecule has 1 aliphatic carbocycles. The zero-order valence-electron chi connectivity index (χ0n) is 21.5. The van der Waals surface area contributed by atoms with Gasteiger partial charge in [-0.2, -0.15) is 0 Å². The lowest BCUT2D eigenvalue weighted by molar-refractivity contribution is -0.137. The van der Waals surface area contributed by atoms with Gasteiger partial charge in [0.2, 0.25) is 11.7 Å². The molecule has 1 atom stereocenters. The van der Waals surface area contributed by atoms with Crippen molar-refractivity contribution in [2.24, 2.45) is 0 Å². The van der Waals surface area contributed by atoms with Crippen LogP contribution in [-0.2, 0) is 22.6 Å². The highest BCUT2D eigenvalue weighted by atomic mass is 16.5. The van der Waals surface area contributed by atoms with E-state index in [2.05, 4.69) is 10.6 Å². The van der Waals surface area contributed by atoms with Gasteiger partial charge in [-0.1, -0.05) is 36.4 Å². The molecule has 198 valence electrons. The van der Waals surface area contributed by atoms with Crippen LogP contribution in [0, 0.1) is 0 Å². The van der Waals surface area contributed by atoms with Crippen molar-refractivity contribution in [3.8, 4) is 28.4 Å². The number of carboxylic acid groups (broad SMARTS) is 1. The predicted molar refractivity (Wildman–Crippen MR) is 141 cm³/mol. The van der Waals surface area contributed by atoms with Gasteiger partial charge in [-0.25, -0.2) is 0 Å². The average molecular weight is 519 g/mol. The Hall–Kier alpha value is -4.53. The van der Waals surface area contributed by atoms with Gasteiger partial charge in [0.25, 0.3) is 5.91 Å². The summed E-state index contributed by atoms with van der Waals surface area (Å²) in [4.78, 5) is 37.7. The fourth-order valence-corrected chi connectivity index (χ4v) is 4.69. The van der Waals surface area contributed by atoms with Crippen molar-refractivity contribution in [1.29, 1.82) is 0 Å². The SMILES string of the molecule is COc1cc(CNC(=O)[C@H](CCC(=O)O)NC(=O)c2cccc3c2Cc2ccccc2-3)cc(OC)c1OC. The van der Waals surface area contributed by atoms with E-state index >= 15 is 0 Å². The third kappa shape index (κ3) is 5.56. The molecule has 0 radical (unpaired) electrons.